The van der Waals surface area contributed by atoms with Crippen molar-refractivity contribution in [2.45, 2.75) is 31.2 Å². The minimum Gasteiger partial charge on any atom is -0.357 e. The zero-order chi connectivity index (χ0) is 16.2. The lowest BCUT2D eigenvalue weighted by molar-refractivity contribution is 0.567. The molecule has 2 atom stereocenters. The van der Waals surface area contributed by atoms with Crippen molar-refractivity contribution < 1.29 is 12.8 Å². The minimum absolute atomic E-state index is 0. The zero-order valence-corrected chi connectivity index (χ0v) is 16.4. The maximum atomic E-state index is 13.6. The van der Waals surface area contributed by atoms with Crippen LogP contribution in [0, 0.1) is 11.7 Å². The molecule has 2 rings (SSSR count). The molecule has 0 bridgehead atoms. The number of hydrogen-bond acceptors (Lipinski definition) is 3. The fourth-order valence-electron chi connectivity index (χ4n) is 2.10. The van der Waals surface area contributed by atoms with Crippen molar-refractivity contribution in [2.24, 2.45) is 10.9 Å². The summed E-state index contributed by atoms with van der Waals surface area (Å²) in [7, 11) is -3.66. The molecule has 2 N–H and O–H groups in total. The van der Waals surface area contributed by atoms with E-state index in [1.54, 1.807) is 0 Å². The molecule has 23 heavy (non-hydrogen) atoms. The fraction of sp³-hybridized carbons (Fsp3) is 0.533. The van der Waals surface area contributed by atoms with E-state index in [1.807, 2.05) is 6.92 Å². The van der Waals surface area contributed by atoms with Gasteiger partial charge in [0.1, 0.15) is 10.7 Å². The number of guanidine groups is 1. The third kappa shape index (κ3) is 5.91. The maximum absolute atomic E-state index is 13.6. The van der Waals surface area contributed by atoms with Gasteiger partial charge in [-0.15, -0.1) is 24.0 Å². The summed E-state index contributed by atoms with van der Waals surface area (Å²) in [5, 5.41) is 6.33. The number of halogens is 2. The topological polar surface area (TPSA) is 70.6 Å². The number of benzene rings is 1. The van der Waals surface area contributed by atoms with Crippen molar-refractivity contribution in [1.29, 1.82) is 0 Å². The van der Waals surface area contributed by atoms with Crippen LogP contribution in [0.25, 0.3) is 0 Å². The molecule has 8 heteroatoms. The second-order valence-electron chi connectivity index (χ2n) is 5.47. The quantitative estimate of drug-likeness (QED) is 0.392. The van der Waals surface area contributed by atoms with Gasteiger partial charge in [0.2, 0.25) is 0 Å². The Labute approximate surface area is 154 Å². The van der Waals surface area contributed by atoms with Gasteiger partial charge < -0.3 is 10.6 Å². The van der Waals surface area contributed by atoms with Gasteiger partial charge >= 0.3 is 0 Å². The molecular weight excluding hydrogens is 432 g/mol. The van der Waals surface area contributed by atoms with Gasteiger partial charge in [0, 0.05) is 12.6 Å². The summed E-state index contributed by atoms with van der Waals surface area (Å²) in [5.41, 5.74) is 0. The average Bonchev–Trinajstić information content (AvgIpc) is 3.14. The first-order valence-corrected chi connectivity index (χ1v) is 9.11. The molecule has 0 spiro atoms. The lowest BCUT2D eigenvalue weighted by Crippen LogP contribution is -2.39. The molecule has 1 aliphatic carbocycles. The Hall–Kier alpha value is -0.900. The zero-order valence-electron chi connectivity index (χ0n) is 13.3. The van der Waals surface area contributed by atoms with Gasteiger partial charge in [-0.1, -0.05) is 19.1 Å². The van der Waals surface area contributed by atoms with Gasteiger partial charge in [-0.05, 0) is 31.4 Å². The van der Waals surface area contributed by atoms with Crippen molar-refractivity contribution in [1.82, 2.24) is 10.6 Å². The largest absolute Gasteiger partial charge is 0.357 e. The van der Waals surface area contributed by atoms with E-state index in [9.17, 15) is 12.8 Å². The van der Waals surface area contributed by atoms with Crippen LogP contribution in [-0.2, 0) is 9.84 Å². The summed E-state index contributed by atoms with van der Waals surface area (Å²) in [6, 6.07) is 5.82. The molecule has 1 fully saturated rings. The molecule has 0 heterocycles. The van der Waals surface area contributed by atoms with Crippen LogP contribution in [0.4, 0.5) is 4.39 Å². The third-order valence-electron chi connectivity index (χ3n) is 3.58. The number of rotatable bonds is 6. The van der Waals surface area contributed by atoms with Crippen LogP contribution >= 0.6 is 24.0 Å². The summed E-state index contributed by atoms with van der Waals surface area (Å²) >= 11 is 0. The molecule has 1 saturated carbocycles. The van der Waals surface area contributed by atoms with E-state index in [0.717, 1.165) is 12.5 Å². The van der Waals surface area contributed by atoms with E-state index in [0.29, 0.717) is 24.5 Å². The van der Waals surface area contributed by atoms with Crippen LogP contribution in [0.1, 0.15) is 20.3 Å². The lowest BCUT2D eigenvalue weighted by atomic mass is 10.3. The van der Waals surface area contributed by atoms with Gasteiger partial charge in [-0.3, -0.25) is 4.99 Å². The van der Waals surface area contributed by atoms with Crippen molar-refractivity contribution in [3.8, 4) is 0 Å². The molecule has 0 aliphatic heterocycles. The molecule has 0 saturated heterocycles. The van der Waals surface area contributed by atoms with Crippen LogP contribution in [0.2, 0.25) is 0 Å². The van der Waals surface area contributed by atoms with E-state index in [2.05, 4.69) is 22.5 Å². The first-order valence-electron chi connectivity index (χ1n) is 7.46. The summed E-state index contributed by atoms with van der Waals surface area (Å²) in [5.74, 6) is 0.292. The van der Waals surface area contributed by atoms with Crippen LogP contribution in [0.5, 0.6) is 0 Å². The fourth-order valence-corrected chi connectivity index (χ4v) is 3.31. The lowest BCUT2D eigenvalue weighted by Gasteiger charge is -2.11. The predicted molar refractivity (Wildman–Crippen MR) is 101 cm³/mol. The average molecular weight is 455 g/mol. The molecule has 0 radical (unpaired) electrons. The number of sulfone groups is 1. The Morgan fingerprint density at radius 3 is 2.61 bits per heavy atom. The molecule has 1 aromatic carbocycles. The standard InChI is InChI=1S/C15H22FN3O2S.HI/c1-3-17-15(19-13-10-11(13)2)18-8-9-22(20,21)14-7-5-4-6-12(14)16;/h4-7,11,13H,3,8-10H2,1-2H3,(H2,17,18,19);1H. The summed E-state index contributed by atoms with van der Waals surface area (Å²) in [6.07, 6.45) is 1.10. The maximum Gasteiger partial charge on any atom is 0.191 e. The number of aliphatic imine (C=N–C) groups is 1. The summed E-state index contributed by atoms with van der Waals surface area (Å²) in [6.45, 7) is 4.88. The predicted octanol–water partition coefficient (Wildman–Crippen LogP) is 2.18. The minimum atomic E-state index is -3.66. The van der Waals surface area contributed by atoms with Crippen molar-refractivity contribution in [3.63, 3.8) is 0 Å². The molecule has 1 aliphatic rings. The molecule has 130 valence electrons. The van der Waals surface area contributed by atoms with Crippen molar-refractivity contribution >= 4 is 39.8 Å². The van der Waals surface area contributed by atoms with Gasteiger partial charge in [0.25, 0.3) is 0 Å². The highest BCUT2D eigenvalue weighted by Crippen LogP contribution is 2.28. The summed E-state index contributed by atoms with van der Waals surface area (Å²) in [4.78, 5) is 4.00. The van der Waals surface area contributed by atoms with Gasteiger partial charge in [0.15, 0.2) is 15.8 Å². The highest BCUT2D eigenvalue weighted by molar-refractivity contribution is 14.0. The van der Waals surface area contributed by atoms with Crippen LogP contribution < -0.4 is 10.6 Å². The molecule has 1 aromatic rings. The second kappa shape index (κ2) is 8.81. The number of nitrogens with one attached hydrogen (secondary N) is 2. The molecule has 5 nitrogen and oxygen atoms in total. The SMILES string of the molecule is CCNC(=NCCS(=O)(=O)c1ccccc1F)NC1CC1C.I. The highest BCUT2D eigenvalue weighted by atomic mass is 127. The van der Waals surface area contributed by atoms with E-state index in [-0.39, 0.29) is 41.2 Å². The normalized spacial score (nSPS) is 20.6. The number of nitrogens with zero attached hydrogens (tertiary/aromatic N) is 1. The first-order chi connectivity index (χ1) is 10.4. The smallest absolute Gasteiger partial charge is 0.191 e. The van der Waals surface area contributed by atoms with Gasteiger partial charge in [-0.2, -0.15) is 0 Å². The van der Waals surface area contributed by atoms with E-state index in [4.69, 9.17) is 0 Å². The molecular formula is C15H23FIN3O2S. The molecule has 0 aromatic heterocycles. The van der Waals surface area contributed by atoms with Crippen LogP contribution in [0.3, 0.4) is 0 Å². The van der Waals surface area contributed by atoms with Crippen molar-refractivity contribution in [3.05, 3.63) is 30.1 Å². The Kier molecular flexibility index (Phi) is 7.72. The van der Waals surface area contributed by atoms with E-state index >= 15 is 0 Å². The second-order valence-corrected chi connectivity index (χ2v) is 7.55. The number of hydrogen-bond donors (Lipinski definition) is 2. The van der Waals surface area contributed by atoms with E-state index < -0.39 is 15.7 Å². The van der Waals surface area contributed by atoms with Gasteiger partial charge in [-0.25, -0.2) is 12.8 Å². The van der Waals surface area contributed by atoms with Gasteiger partial charge in [0.05, 0.1) is 12.3 Å². The Balaban J connectivity index is 0.00000264. The first kappa shape index (κ1) is 20.1. The Bertz CT molecular complexity index is 652. The third-order valence-corrected chi connectivity index (χ3v) is 5.30. The Morgan fingerprint density at radius 2 is 2.04 bits per heavy atom. The van der Waals surface area contributed by atoms with Crippen LogP contribution in [0.15, 0.2) is 34.2 Å². The van der Waals surface area contributed by atoms with E-state index in [1.165, 1.54) is 18.2 Å². The molecule has 2 unspecified atom stereocenters. The van der Waals surface area contributed by atoms with Crippen LogP contribution in [-0.4, -0.2) is 39.3 Å². The Morgan fingerprint density at radius 1 is 1.39 bits per heavy atom. The molecule has 0 amide bonds. The summed E-state index contributed by atoms with van der Waals surface area (Å²) < 4.78 is 37.8. The highest BCUT2D eigenvalue weighted by Gasteiger charge is 2.33. The van der Waals surface area contributed by atoms with Crippen molar-refractivity contribution in [2.75, 3.05) is 18.8 Å². The monoisotopic (exact) mass is 455 g/mol.